The maximum absolute atomic E-state index is 12.5. The Balaban J connectivity index is 2.39. The summed E-state index contributed by atoms with van der Waals surface area (Å²) >= 11 is 0. The number of rotatable bonds is 5. The van der Waals surface area contributed by atoms with Gasteiger partial charge in [0.1, 0.15) is 11.3 Å². The van der Waals surface area contributed by atoms with Crippen molar-refractivity contribution in [3.63, 3.8) is 0 Å². The van der Waals surface area contributed by atoms with E-state index >= 15 is 0 Å². The fourth-order valence-corrected chi connectivity index (χ4v) is 2.35. The Labute approximate surface area is 138 Å². The van der Waals surface area contributed by atoms with Crippen molar-refractivity contribution in [1.29, 1.82) is 0 Å². The molecule has 0 N–H and O–H groups in total. The quantitative estimate of drug-likeness (QED) is 0.721. The third-order valence-corrected chi connectivity index (χ3v) is 3.44. The number of alkyl halides is 3. The molecule has 0 atom stereocenters. The molecule has 0 saturated carbocycles. The molecule has 0 aliphatic heterocycles. The molecule has 0 radical (unpaired) electrons. The normalized spacial score (nSPS) is 11.2. The van der Waals surface area contributed by atoms with Gasteiger partial charge in [0, 0.05) is 0 Å². The summed E-state index contributed by atoms with van der Waals surface area (Å²) in [6.07, 6.45) is -2.91. The fourth-order valence-electron chi connectivity index (χ4n) is 2.35. The minimum atomic E-state index is -4.88. The highest BCUT2D eigenvalue weighted by atomic mass is 19.4. The Bertz CT molecular complexity index is 706. The smallest absolute Gasteiger partial charge is 0.465 e. The first-order valence-electron chi connectivity index (χ1n) is 7.41. The molecular weight excluding hydrogens is 321 g/mol. The van der Waals surface area contributed by atoms with Crippen LogP contribution in [0.2, 0.25) is 0 Å². The molecule has 2 rings (SSSR count). The van der Waals surface area contributed by atoms with Crippen LogP contribution >= 0.6 is 0 Å². The molecule has 0 unspecified atom stereocenters. The van der Waals surface area contributed by atoms with Gasteiger partial charge in [-0.1, -0.05) is 43.7 Å². The van der Waals surface area contributed by atoms with Crippen LogP contribution in [0.4, 0.5) is 13.2 Å². The van der Waals surface area contributed by atoms with E-state index in [1.165, 1.54) is 17.7 Å². The summed E-state index contributed by atoms with van der Waals surface area (Å²) in [5.41, 5.74) is 2.29. The lowest BCUT2D eigenvalue weighted by atomic mass is 10.00. The van der Waals surface area contributed by atoms with Crippen LogP contribution in [0.1, 0.15) is 29.3 Å². The van der Waals surface area contributed by atoms with Crippen molar-refractivity contribution in [3.8, 4) is 16.9 Å². The first-order chi connectivity index (χ1) is 11.3. The van der Waals surface area contributed by atoms with Gasteiger partial charge < -0.3 is 9.47 Å². The van der Waals surface area contributed by atoms with Gasteiger partial charge in [-0.2, -0.15) is 0 Å². The number of halogens is 3. The maximum Gasteiger partial charge on any atom is 0.573 e. The number of benzene rings is 2. The average molecular weight is 338 g/mol. The summed E-state index contributed by atoms with van der Waals surface area (Å²) in [4.78, 5) is 11.8. The minimum Gasteiger partial charge on any atom is -0.465 e. The largest absolute Gasteiger partial charge is 0.573 e. The highest BCUT2D eigenvalue weighted by Gasteiger charge is 2.33. The van der Waals surface area contributed by atoms with Gasteiger partial charge in [0.05, 0.1) is 7.11 Å². The predicted molar refractivity (Wildman–Crippen MR) is 83.9 cm³/mol. The van der Waals surface area contributed by atoms with Crippen molar-refractivity contribution in [1.82, 2.24) is 0 Å². The number of esters is 1. The fraction of sp³-hybridized carbons (Fsp3) is 0.278. The molecule has 0 heterocycles. The highest BCUT2D eigenvalue weighted by molar-refractivity contribution is 5.94. The van der Waals surface area contributed by atoms with Crippen molar-refractivity contribution < 1.29 is 27.4 Å². The van der Waals surface area contributed by atoms with E-state index in [0.717, 1.165) is 31.6 Å². The lowest BCUT2D eigenvalue weighted by Gasteiger charge is -2.13. The molecule has 0 saturated heterocycles. The third-order valence-electron chi connectivity index (χ3n) is 3.44. The zero-order valence-corrected chi connectivity index (χ0v) is 13.3. The number of ether oxygens (including phenoxy) is 2. The van der Waals surface area contributed by atoms with Gasteiger partial charge in [-0.15, -0.1) is 13.2 Å². The first-order valence-corrected chi connectivity index (χ1v) is 7.41. The molecule has 0 aliphatic carbocycles. The molecule has 0 fully saturated rings. The number of hydrogen-bond donors (Lipinski definition) is 0. The van der Waals surface area contributed by atoms with E-state index in [1.807, 2.05) is 24.3 Å². The van der Waals surface area contributed by atoms with Gasteiger partial charge in [-0.3, -0.25) is 0 Å². The van der Waals surface area contributed by atoms with Gasteiger partial charge in [0.25, 0.3) is 0 Å². The van der Waals surface area contributed by atoms with Crippen LogP contribution in [0.15, 0.2) is 42.5 Å². The molecule has 6 heteroatoms. The number of methoxy groups -OCH3 is 1. The van der Waals surface area contributed by atoms with Crippen LogP contribution in [-0.4, -0.2) is 19.4 Å². The molecular formula is C18H17F3O3. The van der Waals surface area contributed by atoms with Gasteiger partial charge in [0.15, 0.2) is 0 Å². The van der Waals surface area contributed by atoms with Gasteiger partial charge in [-0.25, -0.2) is 4.79 Å². The van der Waals surface area contributed by atoms with Gasteiger partial charge in [-0.05, 0) is 35.2 Å². The standard InChI is InChI=1S/C18H17F3O3/c1-3-4-12-5-7-13(8-6-12)14-9-10-16(24-18(19,20)21)15(11-14)17(22)23-2/h5-11H,3-4H2,1-2H3. The molecule has 3 nitrogen and oxygen atoms in total. The van der Waals surface area contributed by atoms with Crippen molar-refractivity contribution in [2.75, 3.05) is 7.11 Å². The Morgan fingerprint density at radius 3 is 2.21 bits per heavy atom. The first kappa shape index (κ1) is 17.8. The van der Waals surface area contributed by atoms with Crippen molar-refractivity contribution in [3.05, 3.63) is 53.6 Å². The highest BCUT2D eigenvalue weighted by Crippen LogP contribution is 2.31. The Kier molecular flexibility index (Phi) is 5.49. The van der Waals surface area contributed by atoms with E-state index < -0.39 is 18.1 Å². The average Bonchev–Trinajstić information content (AvgIpc) is 2.54. The zero-order chi connectivity index (χ0) is 17.7. The molecule has 0 amide bonds. The van der Waals surface area contributed by atoms with Crippen LogP contribution < -0.4 is 4.74 Å². The summed E-state index contributed by atoms with van der Waals surface area (Å²) in [5, 5.41) is 0. The lowest BCUT2D eigenvalue weighted by Crippen LogP contribution is -2.19. The third kappa shape index (κ3) is 4.50. The van der Waals surface area contributed by atoms with Crippen molar-refractivity contribution >= 4 is 5.97 Å². The predicted octanol–water partition coefficient (Wildman–Crippen LogP) is 4.99. The number of carbonyl (C=O) groups excluding carboxylic acids is 1. The van der Waals surface area contributed by atoms with Crippen LogP contribution in [0.5, 0.6) is 5.75 Å². The van der Waals surface area contributed by atoms with E-state index in [9.17, 15) is 18.0 Å². The summed E-state index contributed by atoms with van der Waals surface area (Å²) in [6, 6.07) is 11.6. The van der Waals surface area contributed by atoms with Crippen molar-refractivity contribution in [2.24, 2.45) is 0 Å². The summed E-state index contributed by atoms with van der Waals surface area (Å²) in [5.74, 6) is -1.47. The molecule has 128 valence electrons. The molecule has 0 spiro atoms. The molecule has 2 aromatic carbocycles. The monoisotopic (exact) mass is 338 g/mol. The second kappa shape index (κ2) is 7.38. The SMILES string of the molecule is CCCc1ccc(-c2ccc(OC(F)(F)F)c(C(=O)OC)c2)cc1. The summed E-state index contributed by atoms with van der Waals surface area (Å²) < 4.78 is 45.8. The summed E-state index contributed by atoms with van der Waals surface area (Å²) in [7, 11) is 1.10. The maximum atomic E-state index is 12.5. The molecule has 0 aromatic heterocycles. The Morgan fingerprint density at radius 2 is 1.67 bits per heavy atom. The van der Waals surface area contributed by atoms with Crippen LogP contribution in [-0.2, 0) is 11.2 Å². The van der Waals surface area contributed by atoms with Gasteiger partial charge >= 0.3 is 12.3 Å². The van der Waals surface area contributed by atoms with Crippen LogP contribution in [0.25, 0.3) is 11.1 Å². The van der Waals surface area contributed by atoms with Crippen molar-refractivity contribution in [2.45, 2.75) is 26.1 Å². The molecule has 0 bridgehead atoms. The molecule has 0 aliphatic rings. The Hall–Kier alpha value is -2.50. The topological polar surface area (TPSA) is 35.5 Å². The number of hydrogen-bond acceptors (Lipinski definition) is 3. The minimum absolute atomic E-state index is 0.273. The second-order valence-electron chi connectivity index (χ2n) is 5.20. The summed E-state index contributed by atoms with van der Waals surface area (Å²) in [6.45, 7) is 2.08. The van der Waals surface area contributed by atoms with Crippen LogP contribution in [0, 0.1) is 0 Å². The Morgan fingerprint density at radius 1 is 1.04 bits per heavy atom. The van der Waals surface area contributed by atoms with E-state index in [4.69, 9.17) is 0 Å². The second-order valence-corrected chi connectivity index (χ2v) is 5.20. The molecule has 24 heavy (non-hydrogen) atoms. The van der Waals surface area contributed by atoms with E-state index in [0.29, 0.717) is 5.56 Å². The number of aryl methyl sites for hydroxylation is 1. The van der Waals surface area contributed by atoms with E-state index in [2.05, 4.69) is 16.4 Å². The van der Waals surface area contributed by atoms with Crippen LogP contribution in [0.3, 0.4) is 0 Å². The lowest BCUT2D eigenvalue weighted by molar-refractivity contribution is -0.274. The number of carbonyl (C=O) groups is 1. The zero-order valence-electron chi connectivity index (χ0n) is 13.3. The van der Waals surface area contributed by atoms with Gasteiger partial charge in [0.2, 0.25) is 0 Å². The van der Waals surface area contributed by atoms with E-state index in [1.54, 1.807) is 0 Å². The molecule has 2 aromatic rings. The van der Waals surface area contributed by atoms with E-state index in [-0.39, 0.29) is 5.56 Å².